The van der Waals surface area contributed by atoms with Crippen molar-refractivity contribution in [1.82, 2.24) is 19.1 Å². The van der Waals surface area contributed by atoms with E-state index in [0.717, 1.165) is 44.5 Å². The summed E-state index contributed by atoms with van der Waals surface area (Å²) in [6.45, 7) is 0. The molecule has 14 rings (SSSR count). The molecule has 0 aliphatic carbocycles. The normalized spacial score (nSPS) is 12.2. The van der Waals surface area contributed by atoms with Crippen LogP contribution in [0.3, 0.4) is 0 Å². The topological polar surface area (TPSA) is 35.6 Å². The molecule has 10 aromatic carbocycles. The van der Waals surface area contributed by atoms with E-state index in [0.29, 0.717) is 0 Å². The number of aromatic nitrogens is 4. The minimum absolute atomic E-state index is 1.01. The van der Waals surface area contributed by atoms with Crippen molar-refractivity contribution in [2.45, 2.75) is 0 Å². The van der Waals surface area contributed by atoms with Gasteiger partial charge in [-0.25, -0.2) is 0 Å². The van der Waals surface area contributed by atoms with Crippen LogP contribution in [0.5, 0.6) is 0 Å². The fourth-order valence-electron chi connectivity index (χ4n) is 10.8. The van der Waals surface area contributed by atoms with Gasteiger partial charge < -0.3 is 9.13 Å². The minimum atomic E-state index is 1.01. The van der Waals surface area contributed by atoms with Gasteiger partial charge in [-0.3, -0.25) is 9.97 Å². The molecule has 4 heteroatoms. The SMILES string of the molecule is c1ccc(-c2ccc(-n3c4cccnc4c4c5ccc6cc7c(c8ccc(cc43)c5c68)c3ncccc3n7-c3ccc(-c4ccccc4)c4ccccc34)c3ccccc23)cc1. The van der Waals surface area contributed by atoms with Gasteiger partial charge in [0, 0.05) is 33.9 Å². The van der Waals surface area contributed by atoms with Gasteiger partial charge in [-0.2, -0.15) is 0 Å². The molecule has 286 valence electrons. The quantitative estimate of drug-likeness (QED) is 0.167. The zero-order chi connectivity index (χ0) is 40.5. The highest BCUT2D eigenvalue weighted by molar-refractivity contribution is 6.37. The molecule has 0 spiro atoms. The van der Waals surface area contributed by atoms with Gasteiger partial charge in [0.2, 0.25) is 0 Å². The maximum Gasteiger partial charge on any atom is 0.0969 e. The monoisotopic (exact) mass is 786 g/mol. The summed E-state index contributed by atoms with van der Waals surface area (Å²) in [4.78, 5) is 10.3. The third-order valence-electron chi connectivity index (χ3n) is 13.3. The van der Waals surface area contributed by atoms with E-state index in [1.807, 2.05) is 12.4 Å². The van der Waals surface area contributed by atoms with Crippen molar-refractivity contribution in [3.63, 3.8) is 0 Å². The lowest BCUT2D eigenvalue weighted by Crippen LogP contribution is -1.97. The third kappa shape index (κ3) is 4.50. The van der Waals surface area contributed by atoms with Gasteiger partial charge in [0.1, 0.15) is 0 Å². The molecule has 0 aliphatic heterocycles. The van der Waals surface area contributed by atoms with E-state index in [2.05, 4.69) is 203 Å². The molecule has 0 bridgehead atoms. The fraction of sp³-hybridized carbons (Fsp3) is 0. The highest BCUT2D eigenvalue weighted by Gasteiger charge is 2.24. The van der Waals surface area contributed by atoms with Crippen molar-refractivity contribution in [2.75, 3.05) is 0 Å². The number of hydrogen-bond acceptors (Lipinski definition) is 2. The van der Waals surface area contributed by atoms with Gasteiger partial charge >= 0.3 is 0 Å². The summed E-state index contributed by atoms with van der Waals surface area (Å²) in [6.07, 6.45) is 3.86. The Balaban J connectivity index is 1.06. The summed E-state index contributed by atoms with van der Waals surface area (Å²) in [5, 5.41) is 14.6. The summed E-state index contributed by atoms with van der Waals surface area (Å²) in [5.41, 5.74) is 13.7. The number of pyridine rings is 2. The molecule has 0 aliphatic rings. The minimum Gasteiger partial charge on any atom is -0.307 e. The van der Waals surface area contributed by atoms with Crippen LogP contribution >= 0.6 is 0 Å². The first-order valence-corrected chi connectivity index (χ1v) is 21.2. The second-order valence-corrected chi connectivity index (χ2v) is 16.5. The van der Waals surface area contributed by atoms with E-state index in [1.165, 1.54) is 86.9 Å². The summed E-state index contributed by atoms with van der Waals surface area (Å²) in [7, 11) is 0. The first-order valence-electron chi connectivity index (χ1n) is 21.2. The van der Waals surface area contributed by atoms with E-state index in [-0.39, 0.29) is 0 Å². The first-order chi connectivity index (χ1) is 30.8. The Morgan fingerprint density at radius 1 is 0.290 bits per heavy atom. The molecular weight excluding hydrogens is 753 g/mol. The molecule has 0 radical (unpaired) electrons. The maximum absolute atomic E-state index is 5.13. The summed E-state index contributed by atoms with van der Waals surface area (Å²) < 4.78 is 4.87. The highest BCUT2D eigenvalue weighted by Crippen LogP contribution is 2.47. The zero-order valence-corrected chi connectivity index (χ0v) is 33.4. The van der Waals surface area contributed by atoms with Crippen LogP contribution in [-0.4, -0.2) is 19.1 Å². The Bertz CT molecular complexity index is 3870. The van der Waals surface area contributed by atoms with Crippen molar-refractivity contribution in [3.8, 4) is 33.6 Å². The van der Waals surface area contributed by atoms with E-state index in [1.54, 1.807) is 0 Å². The second-order valence-electron chi connectivity index (χ2n) is 16.5. The Hall–Kier alpha value is -8.34. The molecule has 0 unspecified atom stereocenters. The third-order valence-corrected chi connectivity index (χ3v) is 13.3. The Kier molecular flexibility index (Phi) is 6.80. The first kappa shape index (κ1) is 33.5. The van der Waals surface area contributed by atoms with Crippen molar-refractivity contribution < 1.29 is 0 Å². The fourth-order valence-corrected chi connectivity index (χ4v) is 10.8. The molecule has 0 atom stereocenters. The lowest BCUT2D eigenvalue weighted by atomic mass is 9.90. The van der Waals surface area contributed by atoms with Crippen LogP contribution in [0.2, 0.25) is 0 Å². The van der Waals surface area contributed by atoms with Crippen LogP contribution in [-0.2, 0) is 0 Å². The Morgan fingerprint density at radius 3 is 1.16 bits per heavy atom. The van der Waals surface area contributed by atoms with Gasteiger partial charge in [-0.15, -0.1) is 0 Å². The predicted molar refractivity (Wildman–Crippen MR) is 260 cm³/mol. The van der Waals surface area contributed by atoms with Gasteiger partial charge in [0.15, 0.2) is 0 Å². The van der Waals surface area contributed by atoms with Gasteiger partial charge in [-0.05, 0) is 114 Å². The Morgan fingerprint density at radius 2 is 0.710 bits per heavy atom. The zero-order valence-electron chi connectivity index (χ0n) is 33.4. The van der Waals surface area contributed by atoms with Crippen LogP contribution in [0.25, 0.3) is 131 Å². The maximum atomic E-state index is 5.13. The van der Waals surface area contributed by atoms with Crippen molar-refractivity contribution in [2.24, 2.45) is 0 Å². The average Bonchev–Trinajstić information content (AvgIpc) is 3.85. The van der Waals surface area contributed by atoms with Crippen LogP contribution in [0.1, 0.15) is 0 Å². The molecule has 0 saturated carbocycles. The van der Waals surface area contributed by atoms with E-state index < -0.39 is 0 Å². The number of nitrogens with zero attached hydrogens (tertiary/aromatic N) is 4. The number of fused-ring (bicyclic) bond motifs is 10. The highest BCUT2D eigenvalue weighted by atomic mass is 15.0. The van der Waals surface area contributed by atoms with E-state index in [4.69, 9.17) is 9.97 Å². The van der Waals surface area contributed by atoms with Crippen LogP contribution < -0.4 is 0 Å². The predicted octanol–water partition coefficient (Wildman–Crippen LogP) is 15.2. The van der Waals surface area contributed by atoms with E-state index in [9.17, 15) is 0 Å². The van der Waals surface area contributed by atoms with Gasteiger partial charge in [0.25, 0.3) is 0 Å². The molecule has 0 fully saturated rings. The lowest BCUT2D eigenvalue weighted by Gasteiger charge is -2.17. The molecule has 0 saturated heterocycles. The molecule has 0 amide bonds. The molecule has 0 N–H and O–H groups in total. The molecule has 62 heavy (non-hydrogen) atoms. The Labute approximate surface area is 355 Å². The summed E-state index contributed by atoms with van der Waals surface area (Å²) in [6, 6.07) is 70.8. The number of hydrogen-bond donors (Lipinski definition) is 0. The standard InChI is InChI=1S/C58H34N4/c1-3-13-35(14-4-1)39-27-29-47(43-19-9-7-17-41(39)43)61-49-21-11-31-59-57(49)55-45-25-24-38-34-52-56(46-26-23-37(33-51(55)61)53(45)54(38)46)58-50(22-12-32-60-58)62(52)48-30-28-40(36-15-5-2-6-16-36)42-18-8-10-20-44(42)48/h1-34H. The molecule has 4 aromatic heterocycles. The van der Waals surface area contributed by atoms with Crippen LogP contribution in [0.15, 0.2) is 207 Å². The van der Waals surface area contributed by atoms with Crippen molar-refractivity contribution >= 4 is 97.7 Å². The lowest BCUT2D eigenvalue weighted by molar-refractivity contribution is 1.19. The summed E-state index contributed by atoms with van der Waals surface area (Å²) in [5.74, 6) is 0. The largest absolute Gasteiger partial charge is 0.307 e. The van der Waals surface area contributed by atoms with Crippen LogP contribution in [0, 0.1) is 0 Å². The number of benzene rings is 10. The summed E-state index contributed by atoms with van der Waals surface area (Å²) >= 11 is 0. The molecule has 4 nitrogen and oxygen atoms in total. The molecule has 4 heterocycles. The molecular formula is C58H34N4. The average molecular weight is 787 g/mol. The number of rotatable bonds is 4. The second kappa shape index (κ2) is 12.6. The van der Waals surface area contributed by atoms with Gasteiger partial charge in [-0.1, -0.05) is 146 Å². The van der Waals surface area contributed by atoms with Crippen molar-refractivity contribution in [3.05, 3.63) is 207 Å². The van der Waals surface area contributed by atoms with E-state index >= 15 is 0 Å². The van der Waals surface area contributed by atoms with Crippen LogP contribution in [0.4, 0.5) is 0 Å². The smallest absolute Gasteiger partial charge is 0.0969 e. The van der Waals surface area contributed by atoms with Crippen molar-refractivity contribution in [1.29, 1.82) is 0 Å². The van der Waals surface area contributed by atoms with Gasteiger partial charge in [0.05, 0.1) is 44.5 Å². The molecule has 14 aromatic rings.